The highest BCUT2D eigenvalue weighted by Gasteiger charge is 2.44. The smallest absolute Gasteiger partial charge is 0.310 e. The van der Waals surface area contributed by atoms with Crippen molar-refractivity contribution < 1.29 is 18.3 Å². The standard InChI is InChI=1S/C14H16N2O4S/c1-14(13(17)18)5-6-16(10-14)21(19,20)9-12-4-2-3-11(7-12)8-15/h2-4,7H,5-6,9-10H2,1H3,(H,17,18). The van der Waals surface area contributed by atoms with Crippen molar-refractivity contribution in [3.63, 3.8) is 0 Å². The number of hydrogen-bond donors (Lipinski definition) is 1. The molecule has 1 aliphatic rings. The Bertz CT molecular complexity index is 708. The van der Waals surface area contributed by atoms with Crippen LogP contribution in [0.5, 0.6) is 0 Å². The van der Waals surface area contributed by atoms with Crippen molar-refractivity contribution in [1.29, 1.82) is 5.26 Å². The molecule has 21 heavy (non-hydrogen) atoms. The van der Waals surface area contributed by atoms with Crippen molar-refractivity contribution in [3.8, 4) is 6.07 Å². The molecule has 0 aromatic heterocycles. The fraction of sp³-hybridized carbons (Fsp3) is 0.429. The van der Waals surface area contributed by atoms with E-state index in [0.29, 0.717) is 17.5 Å². The van der Waals surface area contributed by atoms with Gasteiger partial charge in [0.15, 0.2) is 0 Å². The normalized spacial score (nSPS) is 22.9. The second kappa shape index (κ2) is 5.47. The number of carboxylic acid groups (broad SMARTS) is 1. The molecule has 1 heterocycles. The van der Waals surface area contributed by atoms with Crippen LogP contribution < -0.4 is 0 Å². The maximum Gasteiger partial charge on any atom is 0.310 e. The van der Waals surface area contributed by atoms with Crippen LogP contribution in [0.1, 0.15) is 24.5 Å². The molecule has 0 spiro atoms. The van der Waals surface area contributed by atoms with E-state index < -0.39 is 21.4 Å². The van der Waals surface area contributed by atoms with Gasteiger partial charge in [-0.05, 0) is 31.0 Å². The van der Waals surface area contributed by atoms with Crippen LogP contribution in [0.15, 0.2) is 24.3 Å². The van der Waals surface area contributed by atoms with Crippen LogP contribution in [0.2, 0.25) is 0 Å². The molecule has 0 amide bonds. The third-order valence-electron chi connectivity index (χ3n) is 3.75. The molecule has 1 atom stereocenters. The Morgan fingerprint density at radius 2 is 2.24 bits per heavy atom. The molecule has 6 nitrogen and oxygen atoms in total. The Labute approximate surface area is 123 Å². The average molecular weight is 308 g/mol. The first-order valence-electron chi connectivity index (χ1n) is 6.47. The number of hydrogen-bond acceptors (Lipinski definition) is 4. The minimum absolute atomic E-state index is 0.0113. The number of aliphatic carboxylic acids is 1. The highest BCUT2D eigenvalue weighted by atomic mass is 32.2. The molecule has 0 saturated carbocycles. The van der Waals surface area contributed by atoms with Gasteiger partial charge < -0.3 is 5.11 Å². The molecule has 0 radical (unpaired) electrons. The van der Waals surface area contributed by atoms with E-state index in [-0.39, 0.29) is 18.8 Å². The molecule has 0 aliphatic carbocycles. The Balaban J connectivity index is 2.17. The van der Waals surface area contributed by atoms with Crippen molar-refractivity contribution in [3.05, 3.63) is 35.4 Å². The van der Waals surface area contributed by atoms with Crippen molar-refractivity contribution in [2.45, 2.75) is 19.1 Å². The van der Waals surface area contributed by atoms with E-state index in [0.717, 1.165) is 0 Å². The molecular formula is C14H16N2O4S. The topological polar surface area (TPSA) is 98.5 Å². The highest BCUT2D eigenvalue weighted by molar-refractivity contribution is 7.88. The van der Waals surface area contributed by atoms with Gasteiger partial charge in [0.1, 0.15) is 0 Å². The summed E-state index contributed by atoms with van der Waals surface area (Å²) in [5.41, 5.74) is -0.0980. The molecule has 0 bridgehead atoms. The minimum atomic E-state index is -3.58. The first-order valence-corrected chi connectivity index (χ1v) is 8.08. The lowest BCUT2D eigenvalue weighted by molar-refractivity contribution is -0.146. The molecule has 1 aromatic carbocycles. The summed E-state index contributed by atoms with van der Waals surface area (Å²) in [5.74, 6) is -1.20. The number of carboxylic acids is 1. The summed E-state index contributed by atoms with van der Waals surface area (Å²) in [5, 5.41) is 18.0. The maximum atomic E-state index is 12.4. The molecular weight excluding hydrogens is 292 g/mol. The number of carbonyl (C=O) groups is 1. The van der Waals surface area contributed by atoms with Gasteiger partial charge in [-0.25, -0.2) is 12.7 Å². The second-order valence-corrected chi connectivity index (χ2v) is 7.49. The van der Waals surface area contributed by atoms with Gasteiger partial charge in [-0.2, -0.15) is 5.26 Å². The zero-order chi connectivity index (χ0) is 15.7. The number of nitriles is 1. The number of sulfonamides is 1. The van der Waals surface area contributed by atoms with Crippen LogP contribution in [-0.4, -0.2) is 36.9 Å². The molecule has 2 rings (SSSR count). The van der Waals surface area contributed by atoms with Crippen molar-refractivity contribution in [2.75, 3.05) is 13.1 Å². The zero-order valence-corrected chi connectivity index (χ0v) is 12.4. The second-order valence-electron chi connectivity index (χ2n) is 5.52. The van der Waals surface area contributed by atoms with Crippen LogP contribution in [-0.2, 0) is 20.6 Å². The lowest BCUT2D eigenvalue weighted by Crippen LogP contribution is -2.35. The van der Waals surface area contributed by atoms with Crippen LogP contribution in [0.3, 0.4) is 0 Å². The van der Waals surface area contributed by atoms with E-state index in [1.54, 1.807) is 25.1 Å². The fourth-order valence-corrected chi connectivity index (χ4v) is 4.00. The van der Waals surface area contributed by atoms with E-state index in [4.69, 9.17) is 10.4 Å². The Morgan fingerprint density at radius 3 is 2.81 bits per heavy atom. The highest BCUT2D eigenvalue weighted by Crippen LogP contribution is 2.32. The van der Waals surface area contributed by atoms with Crippen LogP contribution in [0.4, 0.5) is 0 Å². The molecule has 1 aromatic rings. The summed E-state index contributed by atoms with van der Waals surface area (Å²) in [6, 6.07) is 8.38. The van der Waals surface area contributed by atoms with E-state index in [2.05, 4.69) is 0 Å². The number of nitrogens with zero attached hydrogens (tertiary/aromatic N) is 2. The van der Waals surface area contributed by atoms with E-state index in [9.17, 15) is 13.2 Å². The lowest BCUT2D eigenvalue weighted by atomic mass is 9.90. The van der Waals surface area contributed by atoms with Gasteiger partial charge in [0.2, 0.25) is 10.0 Å². The lowest BCUT2D eigenvalue weighted by Gasteiger charge is -2.20. The predicted molar refractivity (Wildman–Crippen MR) is 75.7 cm³/mol. The molecule has 1 N–H and O–H groups in total. The van der Waals surface area contributed by atoms with Gasteiger partial charge in [0.05, 0.1) is 22.8 Å². The molecule has 1 saturated heterocycles. The van der Waals surface area contributed by atoms with Crippen molar-refractivity contribution in [2.24, 2.45) is 5.41 Å². The van der Waals surface area contributed by atoms with Crippen LogP contribution in [0, 0.1) is 16.7 Å². The summed E-state index contributed by atoms with van der Waals surface area (Å²) in [6.45, 7) is 1.76. The quantitative estimate of drug-likeness (QED) is 0.900. The van der Waals surface area contributed by atoms with E-state index >= 15 is 0 Å². The van der Waals surface area contributed by atoms with Crippen molar-refractivity contribution >= 4 is 16.0 Å². The average Bonchev–Trinajstić information content (AvgIpc) is 2.83. The first kappa shape index (κ1) is 15.5. The van der Waals surface area contributed by atoms with Crippen molar-refractivity contribution in [1.82, 2.24) is 4.31 Å². The summed E-state index contributed by atoms with van der Waals surface area (Å²) >= 11 is 0. The number of rotatable bonds is 4. The van der Waals surface area contributed by atoms with E-state index in [1.165, 1.54) is 10.4 Å². The molecule has 1 unspecified atom stereocenters. The summed E-state index contributed by atoms with van der Waals surface area (Å²) in [7, 11) is -3.58. The van der Waals surface area contributed by atoms with Gasteiger partial charge in [-0.15, -0.1) is 0 Å². The number of benzene rings is 1. The Morgan fingerprint density at radius 1 is 1.52 bits per heavy atom. The Kier molecular flexibility index (Phi) is 4.03. The summed E-state index contributed by atoms with van der Waals surface area (Å²) in [6.07, 6.45) is 0.305. The van der Waals surface area contributed by atoms with Gasteiger partial charge in [-0.1, -0.05) is 12.1 Å². The summed E-state index contributed by atoms with van der Waals surface area (Å²) in [4.78, 5) is 11.2. The van der Waals surface area contributed by atoms with Crippen LogP contribution in [0.25, 0.3) is 0 Å². The molecule has 1 fully saturated rings. The zero-order valence-electron chi connectivity index (χ0n) is 11.6. The Hall–Kier alpha value is -1.91. The third-order valence-corrected chi connectivity index (χ3v) is 5.55. The fourth-order valence-electron chi connectivity index (χ4n) is 2.36. The van der Waals surface area contributed by atoms with Gasteiger partial charge >= 0.3 is 5.97 Å². The van der Waals surface area contributed by atoms with Crippen LogP contribution >= 0.6 is 0 Å². The van der Waals surface area contributed by atoms with E-state index in [1.807, 2.05) is 6.07 Å². The predicted octanol–water partition coefficient (Wildman–Crippen LogP) is 1.18. The van der Waals surface area contributed by atoms with Gasteiger partial charge in [0, 0.05) is 13.1 Å². The molecule has 7 heteroatoms. The first-order chi connectivity index (χ1) is 9.77. The van der Waals surface area contributed by atoms with Gasteiger partial charge in [0.25, 0.3) is 0 Å². The SMILES string of the molecule is CC1(C(=O)O)CCN(S(=O)(=O)Cc2cccc(C#N)c2)C1. The summed E-state index contributed by atoms with van der Waals surface area (Å²) < 4.78 is 25.9. The molecule has 112 valence electrons. The maximum absolute atomic E-state index is 12.4. The minimum Gasteiger partial charge on any atom is -0.481 e. The third kappa shape index (κ3) is 3.23. The largest absolute Gasteiger partial charge is 0.481 e. The molecule has 1 aliphatic heterocycles. The van der Waals surface area contributed by atoms with Gasteiger partial charge in [-0.3, -0.25) is 4.79 Å². The monoisotopic (exact) mass is 308 g/mol.